The number of pyridine rings is 1. The minimum absolute atomic E-state index is 0.855. The molecule has 24 heavy (non-hydrogen) atoms. The van der Waals surface area contributed by atoms with E-state index in [1.807, 2.05) is 13.1 Å². The molecule has 0 saturated carbocycles. The van der Waals surface area contributed by atoms with Crippen LogP contribution in [0.4, 0.5) is 0 Å². The lowest BCUT2D eigenvalue weighted by Crippen LogP contribution is -2.36. The van der Waals surface area contributed by atoms with Crippen LogP contribution in [0.3, 0.4) is 0 Å². The van der Waals surface area contributed by atoms with Crippen LogP contribution in [0, 0.1) is 27.7 Å². The zero-order chi connectivity index (χ0) is 17.0. The molecule has 1 aliphatic rings. The van der Waals surface area contributed by atoms with E-state index in [2.05, 4.69) is 56.7 Å². The lowest BCUT2D eigenvalue weighted by Gasteiger charge is -2.10. The van der Waals surface area contributed by atoms with Gasteiger partial charge >= 0.3 is 0 Å². The maximum absolute atomic E-state index is 4.81. The van der Waals surface area contributed by atoms with Gasteiger partial charge in [0.05, 0.1) is 17.7 Å². The summed E-state index contributed by atoms with van der Waals surface area (Å²) in [6.07, 6.45) is 2.86. The van der Waals surface area contributed by atoms with E-state index in [0.717, 1.165) is 23.5 Å². The molecule has 4 rings (SSSR count). The summed E-state index contributed by atoms with van der Waals surface area (Å²) in [4.78, 5) is 9.51. The fraction of sp³-hybridized carbons (Fsp3) is 0.286. The van der Waals surface area contributed by atoms with Crippen LogP contribution in [0.5, 0.6) is 0 Å². The average molecular weight is 316 g/mol. The molecule has 1 aliphatic carbocycles. The summed E-state index contributed by atoms with van der Waals surface area (Å²) >= 11 is 0. The van der Waals surface area contributed by atoms with E-state index < -0.39 is 0 Å². The van der Waals surface area contributed by atoms with Crippen LogP contribution in [-0.2, 0) is 13.5 Å². The summed E-state index contributed by atoms with van der Waals surface area (Å²) < 4.78 is 2.29. The first-order chi connectivity index (χ1) is 11.5. The molecule has 0 fully saturated rings. The largest absolute Gasteiger partial charge is 0.257 e. The first-order valence-corrected chi connectivity index (χ1v) is 8.38. The van der Waals surface area contributed by atoms with Crippen molar-refractivity contribution in [2.24, 2.45) is 7.05 Å². The van der Waals surface area contributed by atoms with Gasteiger partial charge in [-0.2, -0.15) is 4.57 Å². The highest BCUT2D eigenvalue weighted by atomic mass is 15.0. The number of nitrogens with zero attached hydrogens (tertiary/aromatic N) is 3. The Hall–Kier alpha value is -2.55. The molecular formula is C21H22N3+. The van der Waals surface area contributed by atoms with Crippen molar-refractivity contribution in [3.63, 3.8) is 0 Å². The molecule has 3 heteroatoms. The Morgan fingerprint density at radius 1 is 1.00 bits per heavy atom. The number of hydrogen-bond acceptors (Lipinski definition) is 2. The summed E-state index contributed by atoms with van der Waals surface area (Å²) in [5, 5.41) is 0. The summed E-state index contributed by atoms with van der Waals surface area (Å²) in [5.74, 6) is 0. The van der Waals surface area contributed by atoms with Crippen molar-refractivity contribution < 1.29 is 4.57 Å². The lowest BCUT2D eigenvalue weighted by molar-refractivity contribution is -0.667. The van der Waals surface area contributed by atoms with Crippen LogP contribution in [0.1, 0.15) is 33.8 Å². The molecule has 120 valence electrons. The van der Waals surface area contributed by atoms with Crippen LogP contribution in [-0.4, -0.2) is 9.97 Å². The van der Waals surface area contributed by atoms with Gasteiger partial charge in [0.25, 0.3) is 0 Å². The third-order valence-corrected chi connectivity index (χ3v) is 5.15. The van der Waals surface area contributed by atoms with Gasteiger partial charge in [0.15, 0.2) is 0 Å². The molecule has 2 aromatic heterocycles. The predicted molar refractivity (Wildman–Crippen MR) is 95.8 cm³/mol. The molecule has 0 unspecified atom stereocenters. The minimum atomic E-state index is 0.855. The van der Waals surface area contributed by atoms with Gasteiger partial charge in [-0.05, 0) is 57.0 Å². The van der Waals surface area contributed by atoms with E-state index >= 15 is 0 Å². The Morgan fingerprint density at radius 2 is 1.79 bits per heavy atom. The molecule has 0 bridgehead atoms. The molecule has 3 nitrogen and oxygen atoms in total. The summed E-state index contributed by atoms with van der Waals surface area (Å²) in [6.45, 7) is 8.56. The highest BCUT2D eigenvalue weighted by Crippen LogP contribution is 2.33. The van der Waals surface area contributed by atoms with Crippen molar-refractivity contribution >= 4 is 0 Å². The molecule has 0 saturated heterocycles. The standard InChI is InChI=1S/C21H22N3/c1-12-8-13(2)15(4)17(9-12)20-11-22-21-16-7-6-14(3)23-18(16)10-19(21)24(20)5/h6-9,11H,10H2,1-5H3/q+1. The number of fused-ring (bicyclic) bond motifs is 3. The van der Waals surface area contributed by atoms with Crippen molar-refractivity contribution in [1.82, 2.24) is 9.97 Å². The first kappa shape index (κ1) is 15.0. The first-order valence-electron chi connectivity index (χ1n) is 8.38. The SMILES string of the molecule is Cc1cc(C)c(C)c(-c2cnc3c([n+]2C)Cc2nc(C)ccc2-3)c1. The van der Waals surface area contributed by atoms with E-state index in [0.29, 0.717) is 0 Å². The van der Waals surface area contributed by atoms with Crippen molar-refractivity contribution in [3.05, 3.63) is 64.2 Å². The monoisotopic (exact) mass is 316 g/mol. The number of hydrogen-bond donors (Lipinski definition) is 0. The normalized spacial score (nSPS) is 12.2. The minimum Gasteiger partial charge on any atom is -0.257 e. The smallest absolute Gasteiger partial charge is 0.231 e. The van der Waals surface area contributed by atoms with E-state index in [1.54, 1.807) is 0 Å². The zero-order valence-corrected chi connectivity index (χ0v) is 14.9. The Kier molecular flexibility index (Phi) is 3.27. The molecule has 0 spiro atoms. The highest BCUT2D eigenvalue weighted by Gasteiger charge is 2.31. The topological polar surface area (TPSA) is 29.7 Å². The number of aryl methyl sites for hydroxylation is 3. The van der Waals surface area contributed by atoms with Gasteiger partial charge in [-0.1, -0.05) is 11.6 Å². The van der Waals surface area contributed by atoms with Crippen LogP contribution >= 0.6 is 0 Å². The third-order valence-electron chi connectivity index (χ3n) is 5.15. The molecule has 3 aromatic rings. The van der Waals surface area contributed by atoms with E-state index in [9.17, 15) is 0 Å². The summed E-state index contributed by atoms with van der Waals surface area (Å²) in [6, 6.07) is 8.72. The maximum Gasteiger partial charge on any atom is 0.231 e. The molecule has 0 radical (unpaired) electrons. The fourth-order valence-electron chi connectivity index (χ4n) is 3.69. The van der Waals surface area contributed by atoms with Crippen molar-refractivity contribution in [1.29, 1.82) is 0 Å². The van der Waals surface area contributed by atoms with Crippen molar-refractivity contribution in [3.8, 4) is 22.5 Å². The molecule has 0 aliphatic heterocycles. The molecule has 0 amide bonds. The third kappa shape index (κ3) is 2.15. The second-order valence-electron chi connectivity index (χ2n) is 6.88. The second kappa shape index (κ2) is 5.23. The van der Waals surface area contributed by atoms with E-state index in [4.69, 9.17) is 9.97 Å². The zero-order valence-electron chi connectivity index (χ0n) is 14.9. The lowest BCUT2D eigenvalue weighted by atomic mass is 9.98. The summed E-state index contributed by atoms with van der Waals surface area (Å²) in [7, 11) is 2.14. The summed E-state index contributed by atoms with van der Waals surface area (Å²) in [5.41, 5.74) is 12.1. The van der Waals surface area contributed by atoms with Crippen molar-refractivity contribution in [2.75, 3.05) is 0 Å². The fourth-order valence-corrected chi connectivity index (χ4v) is 3.69. The van der Waals surface area contributed by atoms with Gasteiger partial charge in [0, 0.05) is 11.3 Å². The predicted octanol–water partition coefficient (Wildman–Crippen LogP) is 3.77. The van der Waals surface area contributed by atoms with Gasteiger partial charge < -0.3 is 0 Å². The van der Waals surface area contributed by atoms with Gasteiger partial charge in [0.1, 0.15) is 18.9 Å². The van der Waals surface area contributed by atoms with Crippen molar-refractivity contribution in [2.45, 2.75) is 34.1 Å². The number of rotatable bonds is 1. The maximum atomic E-state index is 4.81. The Labute approximate surface area is 143 Å². The quantitative estimate of drug-likeness (QED) is 0.500. The molecule has 0 N–H and O–H groups in total. The van der Waals surface area contributed by atoms with Crippen LogP contribution in [0.25, 0.3) is 22.5 Å². The van der Waals surface area contributed by atoms with E-state index in [-0.39, 0.29) is 0 Å². The second-order valence-corrected chi connectivity index (χ2v) is 6.88. The van der Waals surface area contributed by atoms with Gasteiger partial charge in [-0.25, -0.2) is 4.98 Å². The van der Waals surface area contributed by atoms with Crippen LogP contribution in [0.15, 0.2) is 30.5 Å². The molecule has 2 heterocycles. The van der Waals surface area contributed by atoms with Gasteiger partial charge in [0.2, 0.25) is 11.4 Å². The van der Waals surface area contributed by atoms with Crippen LogP contribution < -0.4 is 4.57 Å². The Morgan fingerprint density at radius 3 is 2.58 bits per heavy atom. The van der Waals surface area contributed by atoms with Crippen LogP contribution in [0.2, 0.25) is 0 Å². The average Bonchev–Trinajstić information content (AvgIpc) is 2.90. The molecule has 0 atom stereocenters. The van der Waals surface area contributed by atoms with Gasteiger partial charge in [-0.3, -0.25) is 4.98 Å². The van der Waals surface area contributed by atoms with E-state index in [1.165, 1.54) is 39.2 Å². The number of aromatic nitrogens is 3. The molecule has 1 aromatic carbocycles. The Balaban J connectivity index is 1.91. The highest BCUT2D eigenvalue weighted by molar-refractivity contribution is 5.71. The molecular weight excluding hydrogens is 294 g/mol. The number of benzene rings is 1. The van der Waals surface area contributed by atoms with Gasteiger partial charge in [-0.15, -0.1) is 0 Å². The Bertz CT molecular complexity index is 987.